The predicted octanol–water partition coefficient (Wildman–Crippen LogP) is -2.38. The van der Waals surface area contributed by atoms with Crippen molar-refractivity contribution < 1.29 is 20.1 Å². The van der Waals surface area contributed by atoms with E-state index in [9.17, 15) is 4.79 Å². The van der Waals surface area contributed by atoms with Crippen molar-refractivity contribution in [1.29, 1.82) is 0 Å². The van der Waals surface area contributed by atoms with E-state index >= 15 is 0 Å². The first-order chi connectivity index (χ1) is 5.00. The number of aliphatic hydroxyl groups is 3. The van der Waals surface area contributed by atoms with E-state index in [0.717, 1.165) is 0 Å². The molecule has 11 heavy (non-hydrogen) atoms. The van der Waals surface area contributed by atoms with Crippen molar-refractivity contribution in [3.8, 4) is 0 Å². The van der Waals surface area contributed by atoms with Crippen molar-refractivity contribution in [2.24, 2.45) is 5.73 Å². The maximum absolute atomic E-state index is 9.95. The summed E-state index contributed by atoms with van der Waals surface area (Å²) in [6.45, 7) is 1.32. The highest BCUT2D eigenvalue weighted by Crippen LogP contribution is 2.00. The van der Waals surface area contributed by atoms with Crippen LogP contribution >= 0.6 is 0 Å². The molecule has 66 valence electrons. The van der Waals surface area contributed by atoms with Gasteiger partial charge in [0.25, 0.3) is 0 Å². The lowest BCUT2D eigenvalue weighted by Gasteiger charge is -2.22. The summed E-state index contributed by atoms with van der Waals surface area (Å²) >= 11 is 0. The summed E-state index contributed by atoms with van der Waals surface area (Å²) in [7, 11) is 0. The number of carbonyl (C=O) groups is 1. The monoisotopic (exact) mass is 163 g/mol. The summed E-state index contributed by atoms with van der Waals surface area (Å²) in [5.41, 5.74) is 5.18. The van der Waals surface area contributed by atoms with Gasteiger partial charge in [0, 0.05) is 0 Å². The lowest BCUT2D eigenvalue weighted by atomic mass is 10.0. The molecule has 0 radical (unpaired) electrons. The van der Waals surface area contributed by atoms with Crippen LogP contribution in [-0.2, 0) is 4.79 Å². The third-order valence-corrected chi connectivity index (χ3v) is 1.42. The second-order valence-corrected chi connectivity index (χ2v) is 2.44. The van der Waals surface area contributed by atoms with E-state index < -0.39 is 24.4 Å². The van der Waals surface area contributed by atoms with Gasteiger partial charge in [-0.2, -0.15) is 0 Å². The molecule has 0 saturated heterocycles. The van der Waals surface area contributed by atoms with Gasteiger partial charge in [-0.3, -0.25) is 0 Å². The number of hydrogen-bond donors (Lipinski definition) is 4. The average molecular weight is 163 g/mol. The summed E-state index contributed by atoms with van der Waals surface area (Å²) < 4.78 is 0. The van der Waals surface area contributed by atoms with Crippen molar-refractivity contribution in [1.82, 2.24) is 0 Å². The maximum Gasteiger partial charge on any atom is 0.150 e. The standard InChI is InChI=1S/C6H13NO4/c1-3(9)6(11)5(7)4(10)2-8/h2-6,9-11H,7H2,1H3. The smallest absolute Gasteiger partial charge is 0.150 e. The first-order valence-corrected chi connectivity index (χ1v) is 3.25. The van der Waals surface area contributed by atoms with Gasteiger partial charge in [0.15, 0.2) is 0 Å². The zero-order chi connectivity index (χ0) is 9.02. The Hall–Kier alpha value is -0.490. The van der Waals surface area contributed by atoms with Crippen LogP contribution in [0.4, 0.5) is 0 Å². The van der Waals surface area contributed by atoms with Crippen LogP contribution in [0.1, 0.15) is 6.92 Å². The van der Waals surface area contributed by atoms with E-state index in [1.807, 2.05) is 0 Å². The molecule has 4 atom stereocenters. The minimum Gasteiger partial charge on any atom is -0.391 e. The van der Waals surface area contributed by atoms with Crippen LogP contribution in [0, 0.1) is 0 Å². The van der Waals surface area contributed by atoms with E-state index in [2.05, 4.69) is 0 Å². The van der Waals surface area contributed by atoms with Crippen molar-refractivity contribution in [3.05, 3.63) is 0 Å². The van der Waals surface area contributed by atoms with Crippen molar-refractivity contribution >= 4 is 6.29 Å². The number of aliphatic hydroxyl groups excluding tert-OH is 3. The number of nitrogens with two attached hydrogens (primary N) is 1. The molecule has 5 heteroatoms. The minimum absolute atomic E-state index is 0.219. The molecule has 5 nitrogen and oxygen atoms in total. The number of rotatable bonds is 4. The lowest BCUT2D eigenvalue weighted by Crippen LogP contribution is -2.50. The van der Waals surface area contributed by atoms with E-state index in [-0.39, 0.29) is 6.29 Å². The van der Waals surface area contributed by atoms with Crippen LogP contribution in [-0.4, -0.2) is 46.0 Å². The lowest BCUT2D eigenvalue weighted by molar-refractivity contribution is -0.118. The fourth-order valence-corrected chi connectivity index (χ4v) is 0.614. The van der Waals surface area contributed by atoms with Crippen LogP contribution in [0.5, 0.6) is 0 Å². The molecule has 0 aromatic rings. The van der Waals surface area contributed by atoms with Gasteiger partial charge < -0.3 is 25.8 Å². The molecule has 0 amide bonds. The first kappa shape index (κ1) is 10.5. The maximum atomic E-state index is 9.95. The summed E-state index contributed by atoms with van der Waals surface area (Å²) in [5.74, 6) is 0. The van der Waals surface area contributed by atoms with Crippen molar-refractivity contribution in [2.75, 3.05) is 0 Å². The average Bonchev–Trinajstić information content (AvgIpc) is 2.00. The minimum atomic E-state index is -1.43. The first-order valence-electron chi connectivity index (χ1n) is 3.25. The largest absolute Gasteiger partial charge is 0.391 e. The topological polar surface area (TPSA) is 104 Å². The number of hydrogen-bond acceptors (Lipinski definition) is 5. The van der Waals surface area contributed by atoms with Crippen LogP contribution in [0.3, 0.4) is 0 Å². The van der Waals surface area contributed by atoms with Gasteiger partial charge in [-0.05, 0) is 6.92 Å². The third-order valence-electron chi connectivity index (χ3n) is 1.42. The third kappa shape index (κ3) is 2.94. The van der Waals surface area contributed by atoms with Gasteiger partial charge >= 0.3 is 0 Å². The molecule has 0 aliphatic rings. The Morgan fingerprint density at radius 1 is 1.36 bits per heavy atom. The quantitative estimate of drug-likeness (QED) is 0.346. The van der Waals surface area contributed by atoms with Crippen LogP contribution < -0.4 is 5.73 Å². The molecule has 0 heterocycles. The van der Waals surface area contributed by atoms with E-state index in [0.29, 0.717) is 0 Å². The van der Waals surface area contributed by atoms with E-state index in [4.69, 9.17) is 21.1 Å². The molecule has 5 N–H and O–H groups in total. The number of aldehydes is 1. The summed E-state index contributed by atoms with van der Waals surface area (Å²) in [4.78, 5) is 9.95. The molecule has 0 saturated carbocycles. The highest BCUT2D eigenvalue weighted by Gasteiger charge is 2.25. The SMILES string of the molecule is CC(O)C(O)C(N)C(O)C=O. The van der Waals surface area contributed by atoms with Crippen molar-refractivity contribution in [2.45, 2.75) is 31.3 Å². The molecule has 4 unspecified atom stereocenters. The Labute approximate surface area is 64.4 Å². The Bertz CT molecular complexity index is 128. The van der Waals surface area contributed by atoms with Crippen LogP contribution in [0.2, 0.25) is 0 Å². The van der Waals surface area contributed by atoms with Gasteiger partial charge in [-0.15, -0.1) is 0 Å². The highest BCUT2D eigenvalue weighted by atomic mass is 16.3. The Morgan fingerprint density at radius 2 is 1.82 bits per heavy atom. The van der Waals surface area contributed by atoms with Crippen LogP contribution in [0.25, 0.3) is 0 Å². The van der Waals surface area contributed by atoms with Crippen molar-refractivity contribution in [3.63, 3.8) is 0 Å². The Kier molecular flexibility index (Phi) is 4.20. The summed E-state index contributed by atoms with van der Waals surface area (Å²) in [5, 5.41) is 26.6. The van der Waals surface area contributed by atoms with Gasteiger partial charge in [-0.1, -0.05) is 0 Å². The molecule has 0 aromatic carbocycles. The molecule has 0 aliphatic carbocycles. The van der Waals surface area contributed by atoms with E-state index in [1.165, 1.54) is 6.92 Å². The predicted molar refractivity (Wildman–Crippen MR) is 37.7 cm³/mol. The molecule has 0 aromatic heterocycles. The molecule has 0 bridgehead atoms. The molecule has 0 rings (SSSR count). The van der Waals surface area contributed by atoms with E-state index in [1.54, 1.807) is 0 Å². The highest BCUT2D eigenvalue weighted by molar-refractivity contribution is 5.57. The zero-order valence-electron chi connectivity index (χ0n) is 6.21. The zero-order valence-corrected chi connectivity index (χ0v) is 6.21. The molecular weight excluding hydrogens is 150 g/mol. The Balaban J connectivity index is 4.00. The summed E-state index contributed by atoms with van der Waals surface area (Å²) in [6, 6.07) is -1.13. The molecule has 0 fully saturated rings. The fourth-order valence-electron chi connectivity index (χ4n) is 0.614. The second kappa shape index (κ2) is 4.40. The van der Waals surface area contributed by atoms with Gasteiger partial charge in [-0.25, -0.2) is 0 Å². The molecular formula is C6H13NO4. The normalized spacial score (nSPS) is 21.9. The van der Waals surface area contributed by atoms with Crippen LogP contribution in [0.15, 0.2) is 0 Å². The Morgan fingerprint density at radius 3 is 2.09 bits per heavy atom. The van der Waals surface area contributed by atoms with Gasteiger partial charge in [0.05, 0.1) is 18.2 Å². The second-order valence-electron chi connectivity index (χ2n) is 2.44. The summed E-state index contributed by atoms with van der Waals surface area (Å²) in [6.07, 6.45) is -3.55. The van der Waals surface area contributed by atoms with Gasteiger partial charge in [0.2, 0.25) is 0 Å². The fraction of sp³-hybridized carbons (Fsp3) is 0.833. The molecule has 0 spiro atoms. The van der Waals surface area contributed by atoms with Gasteiger partial charge in [0.1, 0.15) is 12.4 Å². The number of carbonyl (C=O) groups excluding carboxylic acids is 1. The molecule has 0 aliphatic heterocycles.